The molecule has 0 saturated carbocycles. The summed E-state index contributed by atoms with van der Waals surface area (Å²) in [6.07, 6.45) is 0.0855. The van der Waals surface area contributed by atoms with E-state index in [1.54, 1.807) is 24.3 Å². The molecule has 1 N–H and O–H groups in total. The highest BCUT2D eigenvalue weighted by Crippen LogP contribution is 2.47. The van der Waals surface area contributed by atoms with Crippen LogP contribution in [0.25, 0.3) is 0 Å². The van der Waals surface area contributed by atoms with E-state index in [1.807, 2.05) is 42.5 Å². The van der Waals surface area contributed by atoms with Crippen molar-refractivity contribution in [3.63, 3.8) is 0 Å². The van der Waals surface area contributed by atoms with Gasteiger partial charge in [-0.05, 0) is 35.9 Å². The molecule has 0 radical (unpaired) electrons. The van der Waals surface area contributed by atoms with Crippen LogP contribution in [0.5, 0.6) is 0 Å². The Morgan fingerprint density at radius 2 is 1.65 bits per heavy atom. The standard InChI is InChI=1S/C25H19BrCl2N2O4/c26-17-8-6-16(7-9-17)25(33)14-22(15-4-2-1-3-5-15)30(34-25)21-13-23(31)29(24(21)32)18-10-11-19(27)20(28)12-18/h1-12,21-22,33H,13-14H2/t21-,22+,25+/m0/s1. The van der Waals surface area contributed by atoms with Gasteiger partial charge in [0, 0.05) is 16.5 Å². The van der Waals surface area contributed by atoms with Crippen LogP contribution in [0, 0.1) is 0 Å². The van der Waals surface area contributed by atoms with Crippen molar-refractivity contribution in [2.45, 2.75) is 30.7 Å². The Hall–Kier alpha value is -2.26. The monoisotopic (exact) mass is 560 g/mol. The Morgan fingerprint density at radius 3 is 2.32 bits per heavy atom. The summed E-state index contributed by atoms with van der Waals surface area (Å²) in [4.78, 5) is 33.6. The number of carbonyl (C=O) groups excluding carboxylic acids is 2. The van der Waals surface area contributed by atoms with Gasteiger partial charge in [0.25, 0.3) is 5.91 Å². The van der Waals surface area contributed by atoms with E-state index in [9.17, 15) is 14.7 Å². The van der Waals surface area contributed by atoms with Crippen molar-refractivity contribution >= 4 is 56.6 Å². The van der Waals surface area contributed by atoms with Gasteiger partial charge in [-0.15, -0.1) is 0 Å². The average molecular weight is 562 g/mol. The van der Waals surface area contributed by atoms with Gasteiger partial charge in [0.05, 0.1) is 28.2 Å². The quantitative estimate of drug-likeness (QED) is 0.419. The van der Waals surface area contributed by atoms with Gasteiger partial charge >= 0.3 is 0 Å². The molecule has 2 heterocycles. The summed E-state index contributed by atoms with van der Waals surface area (Å²) in [5, 5.41) is 13.5. The molecule has 0 aliphatic carbocycles. The number of hydroxylamine groups is 2. The van der Waals surface area contributed by atoms with E-state index in [-0.39, 0.29) is 23.8 Å². The molecule has 2 aliphatic heterocycles. The predicted octanol–water partition coefficient (Wildman–Crippen LogP) is 5.61. The first kappa shape index (κ1) is 23.5. The molecule has 2 saturated heterocycles. The first-order chi connectivity index (χ1) is 16.3. The topological polar surface area (TPSA) is 70.1 Å². The molecule has 174 valence electrons. The Kier molecular flexibility index (Phi) is 6.27. The number of anilines is 1. The van der Waals surface area contributed by atoms with Crippen molar-refractivity contribution in [2.75, 3.05) is 4.90 Å². The van der Waals surface area contributed by atoms with Crippen LogP contribution in [0.2, 0.25) is 10.0 Å². The van der Waals surface area contributed by atoms with Crippen LogP contribution in [0.3, 0.4) is 0 Å². The zero-order valence-electron chi connectivity index (χ0n) is 17.7. The van der Waals surface area contributed by atoms with Gasteiger partial charge in [-0.3, -0.25) is 14.4 Å². The number of hydrogen-bond acceptors (Lipinski definition) is 5. The third kappa shape index (κ3) is 4.17. The lowest BCUT2D eigenvalue weighted by Gasteiger charge is -2.28. The molecule has 5 rings (SSSR count). The Bertz CT molecular complexity index is 1260. The molecule has 0 spiro atoms. The van der Waals surface area contributed by atoms with Crippen LogP contribution < -0.4 is 4.90 Å². The molecule has 3 atom stereocenters. The number of rotatable bonds is 4. The largest absolute Gasteiger partial charge is 0.361 e. The molecule has 2 fully saturated rings. The smallest absolute Gasteiger partial charge is 0.254 e. The van der Waals surface area contributed by atoms with Crippen molar-refractivity contribution in [1.29, 1.82) is 0 Å². The molecule has 3 aromatic carbocycles. The van der Waals surface area contributed by atoms with Crippen LogP contribution in [-0.4, -0.2) is 28.0 Å². The summed E-state index contributed by atoms with van der Waals surface area (Å²) in [5.74, 6) is -2.51. The Labute approximate surface area is 214 Å². The fourth-order valence-electron chi connectivity index (χ4n) is 4.44. The lowest BCUT2D eigenvalue weighted by atomic mass is 9.94. The first-order valence-electron chi connectivity index (χ1n) is 10.6. The lowest BCUT2D eigenvalue weighted by molar-refractivity contribution is -0.303. The van der Waals surface area contributed by atoms with Gasteiger partial charge in [-0.1, -0.05) is 81.6 Å². The number of nitrogens with zero attached hydrogens (tertiary/aromatic N) is 2. The molecule has 34 heavy (non-hydrogen) atoms. The van der Waals surface area contributed by atoms with E-state index < -0.39 is 23.8 Å². The second-order valence-electron chi connectivity index (χ2n) is 8.26. The number of amides is 2. The van der Waals surface area contributed by atoms with Crippen molar-refractivity contribution in [1.82, 2.24) is 5.06 Å². The zero-order chi connectivity index (χ0) is 24.0. The van der Waals surface area contributed by atoms with Gasteiger partial charge in [0.1, 0.15) is 6.04 Å². The number of aliphatic hydroxyl groups is 1. The first-order valence-corrected chi connectivity index (χ1v) is 12.1. The molecule has 6 nitrogen and oxygen atoms in total. The second-order valence-corrected chi connectivity index (χ2v) is 9.99. The summed E-state index contributed by atoms with van der Waals surface area (Å²) in [6, 6.07) is 19.9. The fourth-order valence-corrected chi connectivity index (χ4v) is 5.00. The van der Waals surface area contributed by atoms with Crippen LogP contribution >= 0.6 is 39.1 Å². The predicted molar refractivity (Wildman–Crippen MR) is 132 cm³/mol. The van der Waals surface area contributed by atoms with Crippen molar-refractivity contribution in [3.05, 3.63) is 98.4 Å². The van der Waals surface area contributed by atoms with Gasteiger partial charge < -0.3 is 5.11 Å². The number of carbonyl (C=O) groups is 2. The highest BCUT2D eigenvalue weighted by atomic mass is 79.9. The maximum Gasteiger partial charge on any atom is 0.254 e. The van der Waals surface area contributed by atoms with Crippen molar-refractivity contribution in [3.8, 4) is 0 Å². The van der Waals surface area contributed by atoms with E-state index in [4.69, 9.17) is 28.0 Å². The number of benzene rings is 3. The number of halogens is 3. The maximum absolute atomic E-state index is 13.5. The molecule has 3 aromatic rings. The van der Waals surface area contributed by atoms with Gasteiger partial charge in [-0.2, -0.15) is 5.06 Å². The van der Waals surface area contributed by atoms with Crippen LogP contribution in [-0.2, 0) is 20.2 Å². The molecule has 2 aliphatic rings. The van der Waals surface area contributed by atoms with Crippen LogP contribution in [0.1, 0.15) is 30.0 Å². The Morgan fingerprint density at radius 1 is 0.941 bits per heavy atom. The molecule has 9 heteroatoms. The van der Waals surface area contributed by atoms with Crippen molar-refractivity contribution < 1.29 is 19.5 Å². The average Bonchev–Trinajstić information content (AvgIpc) is 3.33. The molecule has 2 amide bonds. The van der Waals surface area contributed by atoms with E-state index in [2.05, 4.69) is 15.9 Å². The van der Waals surface area contributed by atoms with E-state index in [1.165, 1.54) is 11.1 Å². The van der Waals surface area contributed by atoms with E-state index in [0.29, 0.717) is 16.3 Å². The maximum atomic E-state index is 13.5. The van der Waals surface area contributed by atoms with Gasteiger partial charge in [0.2, 0.25) is 11.7 Å². The zero-order valence-corrected chi connectivity index (χ0v) is 20.8. The summed E-state index contributed by atoms with van der Waals surface area (Å²) >= 11 is 15.5. The van der Waals surface area contributed by atoms with E-state index >= 15 is 0 Å². The number of imide groups is 1. The fraction of sp³-hybridized carbons (Fsp3) is 0.200. The molecule has 0 aromatic heterocycles. The Balaban J connectivity index is 1.51. The minimum absolute atomic E-state index is 0.0984. The molecule has 0 unspecified atom stereocenters. The summed E-state index contributed by atoms with van der Waals surface area (Å²) < 4.78 is 0.864. The molecular weight excluding hydrogens is 543 g/mol. The third-order valence-electron chi connectivity index (χ3n) is 6.10. The minimum Gasteiger partial charge on any atom is -0.361 e. The lowest BCUT2D eigenvalue weighted by Crippen LogP contribution is -2.42. The van der Waals surface area contributed by atoms with E-state index in [0.717, 1.165) is 14.9 Å². The normalized spacial score (nSPS) is 25.4. The van der Waals surface area contributed by atoms with Gasteiger partial charge in [-0.25, -0.2) is 4.90 Å². The second kappa shape index (κ2) is 9.07. The SMILES string of the molecule is O=C1C[C@H](N2O[C@@](O)(c3ccc(Br)cc3)C[C@@H]2c2ccccc2)C(=O)N1c1ccc(Cl)c(Cl)c1. The summed E-state index contributed by atoms with van der Waals surface area (Å²) in [5.41, 5.74) is 1.76. The van der Waals surface area contributed by atoms with Crippen molar-refractivity contribution in [2.24, 2.45) is 0 Å². The van der Waals surface area contributed by atoms with Crippen LogP contribution in [0.15, 0.2) is 77.3 Å². The molecular formula is C25H19BrCl2N2O4. The summed E-state index contributed by atoms with van der Waals surface area (Å²) in [6.45, 7) is 0. The molecule has 0 bridgehead atoms. The van der Waals surface area contributed by atoms with Gasteiger partial charge in [0.15, 0.2) is 0 Å². The minimum atomic E-state index is -1.67. The highest BCUT2D eigenvalue weighted by molar-refractivity contribution is 9.10. The third-order valence-corrected chi connectivity index (χ3v) is 7.37. The highest BCUT2D eigenvalue weighted by Gasteiger charge is 2.54. The van der Waals surface area contributed by atoms with Crippen LogP contribution in [0.4, 0.5) is 5.69 Å². The number of hydrogen-bond donors (Lipinski definition) is 1. The summed E-state index contributed by atoms with van der Waals surface area (Å²) in [7, 11) is 0.